The number of hydrogen-bond donors (Lipinski definition) is 0. The van der Waals surface area contributed by atoms with Crippen molar-refractivity contribution in [3.63, 3.8) is 0 Å². The van der Waals surface area contributed by atoms with Gasteiger partial charge < -0.3 is 0 Å². The summed E-state index contributed by atoms with van der Waals surface area (Å²) in [5.41, 5.74) is 3.23. The average Bonchev–Trinajstić information content (AvgIpc) is 2.55. The van der Waals surface area contributed by atoms with Crippen molar-refractivity contribution in [2.75, 3.05) is 0 Å². The van der Waals surface area contributed by atoms with E-state index in [-0.39, 0.29) is 5.41 Å². The lowest BCUT2D eigenvalue weighted by Crippen LogP contribution is -2.13. The van der Waals surface area contributed by atoms with Crippen molar-refractivity contribution >= 4 is 11.6 Å². The highest BCUT2D eigenvalue weighted by atomic mass is 35.5. The van der Waals surface area contributed by atoms with E-state index < -0.39 is 0 Å². The molecule has 0 radical (unpaired) electrons. The molecule has 0 spiro atoms. The molecule has 0 aliphatic rings. The number of aromatic nitrogens is 3. The Bertz CT molecular complexity index is 579. The minimum atomic E-state index is 0.0391. The lowest BCUT2D eigenvalue weighted by atomic mass is 9.88. The Kier molecular flexibility index (Phi) is 3.20. The van der Waals surface area contributed by atoms with Gasteiger partial charge in [0.05, 0.1) is 5.69 Å². The molecule has 0 unspecified atom stereocenters. The van der Waals surface area contributed by atoms with Crippen molar-refractivity contribution in [1.82, 2.24) is 14.8 Å². The Labute approximate surface area is 113 Å². The van der Waals surface area contributed by atoms with Crippen LogP contribution in [0.4, 0.5) is 0 Å². The number of nitrogens with zero attached hydrogens (tertiary/aromatic N) is 3. The van der Waals surface area contributed by atoms with E-state index in [1.807, 2.05) is 36.7 Å². The van der Waals surface area contributed by atoms with E-state index in [0.29, 0.717) is 5.15 Å². The smallest absolute Gasteiger partial charge is 0.155 e. The Morgan fingerprint density at radius 2 is 1.78 bits per heavy atom. The maximum atomic E-state index is 6.11. The molecule has 0 aliphatic carbocycles. The molecule has 2 rings (SSSR count). The zero-order chi connectivity index (χ0) is 13.5. The fourth-order valence-electron chi connectivity index (χ4n) is 1.89. The van der Waals surface area contributed by atoms with E-state index in [0.717, 1.165) is 22.8 Å². The number of rotatable bonds is 1. The molecule has 0 aromatic carbocycles. The van der Waals surface area contributed by atoms with Gasteiger partial charge in [-0.2, -0.15) is 5.10 Å². The minimum absolute atomic E-state index is 0.0391. The van der Waals surface area contributed by atoms with Crippen molar-refractivity contribution in [1.29, 1.82) is 0 Å². The van der Waals surface area contributed by atoms with E-state index in [9.17, 15) is 0 Å². The lowest BCUT2D eigenvalue weighted by Gasteiger charge is -2.20. The molecular formula is C14H18ClN3. The third-order valence-corrected chi connectivity index (χ3v) is 3.07. The molecule has 4 heteroatoms. The van der Waals surface area contributed by atoms with Crippen LogP contribution in [0.25, 0.3) is 5.82 Å². The minimum Gasteiger partial charge on any atom is -0.219 e. The van der Waals surface area contributed by atoms with Crippen molar-refractivity contribution < 1.29 is 0 Å². The normalized spacial score (nSPS) is 11.9. The summed E-state index contributed by atoms with van der Waals surface area (Å²) in [5.74, 6) is 0.776. The quantitative estimate of drug-likeness (QED) is 0.732. The van der Waals surface area contributed by atoms with Crippen LogP contribution in [0.5, 0.6) is 0 Å². The Hall–Kier alpha value is -1.35. The maximum absolute atomic E-state index is 6.11. The Morgan fingerprint density at radius 1 is 1.11 bits per heavy atom. The van der Waals surface area contributed by atoms with Crippen molar-refractivity contribution in [3.8, 4) is 5.82 Å². The largest absolute Gasteiger partial charge is 0.219 e. The molecule has 0 amide bonds. The summed E-state index contributed by atoms with van der Waals surface area (Å²) in [5, 5.41) is 4.94. The van der Waals surface area contributed by atoms with Gasteiger partial charge in [-0.1, -0.05) is 32.4 Å². The highest BCUT2D eigenvalue weighted by Gasteiger charge is 2.17. The zero-order valence-corrected chi connectivity index (χ0v) is 12.2. The Morgan fingerprint density at radius 3 is 2.28 bits per heavy atom. The van der Waals surface area contributed by atoms with Crippen LogP contribution in [0.15, 0.2) is 18.2 Å². The van der Waals surface area contributed by atoms with Crippen LogP contribution in [0.1, 0.15) is 37.7 Å². The highest BCUT2D eigenvalue weighted by molar-refractivity contribution is 6.29. The van der Waals surface area contributed by atoms with Gasteiger partial charge in [0, 0.05) is 5.69 Å². The summed E-state index contributed by atoms with van der Waals surface area (Å²) in [4.78, 5) is 4.36. The third kappa shape index (κ3) is 2.56. The molecule has 0 aliphatic heterocycles. The van der Waals surface area contributed by atoms with E-state index in [2.05, 4.69) is 30.9 Å². The average molecular weight is 264 g/mol. The van der Waals surface area contributed by atoms with Gasteiger partial charge in [-0.3, -0.25) is 0 Å². The second-order valence-electron chi connectivity index (χ2n) is 5.63. The fourth-order valence-corrected chi connectivity index (χ4v) is 2.09. The van der Waals surface area contributed by atoms with Crippen LogP contribution in [-0.2, 0) is 5.41 Å². The molecular weight excluding hydrogens is 246 g/mol. The van der Waals surface area contributed by atoms with Crippen LogP contribution in [0.3, 0.4) is 0 Å². The van der Waals surface area contributed by atoms with Gasteiger partial charge in [0.15, 0.2) is 5.82 Å². The second-order valence-corrected chi connectivity index (χ2v) is 6.01. The summed E-state index contributed by atoms with van der Waals surface area (Å²) < 4.78 is 1.83. The summed E-state index contributed by atoms with van der Waals surface area (Å²) in [7, 11) is 0. The van der Waals surface area contributed by atoms with Crippen LogP contribution < -0.4 is 0 Å². The summed E-state index contributed by atoms with van der Waals surface area (Å²) in [6.07, 6.45) is 0. The molecule has 18 heavy (non-hydrogen) atoms. The zero-order valence-electron chi connectivity index (χ0n) is 11.5. The SMILES string of the molecule is Cc1cc(C)n(-c2cc(C(C)(C)C)cc(Cl)n2)n1. The molecule has 96 valence electrons. The first-order valence-corrected chi connectivity index (χ1v) is 6.37. The van der Waals surface area contributed by atoms with Crippen LogP contribution in [-0.4, -0.2) is 14.8 Å². The highest BCUT2D eigenvalue weighted by Crippen LogP contribution is 2.26. The molecule has 0 atom stereocenters. The summed E-state index contributed by atoms with van der Waals surface area (Å²) >= 11 is 6.11. The van der Waals surface area contributed by atoms with Gasteiger partial charge in [-0.25, -0.2) is 9.67 Å². The van der Waals surface area contributed by atoms with Gasteiger partial charge in [0.1, 0.15) is 5.15 Å². The van der Waals surface area contributed by atoms with Gasteiger partial charge in [-0.15, -0.1) is 0 Å². The lowest BCUT2D eigenvalue weighted by molar-refractivity contribution is 0.587. The first-order chi connectivity index (χ1) is 8.27. The molecule has 0 bridgehead atoms. The summed E-state index contributed by atoms with van der Waals surface area (Å²) in [6, 6.07) is 5.99. The standard InChI is InChI=1S/C14H18ClN3/c1-9-6-10(2)18(17-9)13-8-11(14(3,4)5)7-12(15)16-13/h6-8H,1-5H3. The molecule has 2 heterocycles. The predicted molar refractivity (Wildman–Crippen MR) is 74.5 cm³/mol. The van der Waals surface area contributed by atoms with Gasteiger partial charge in [0.25, 0.3) is 0 Å². The first kappa shape index (κ1) is 13.1. The fraction of sp³-hybridized carbons (Fsp3) is 0.429. The van der Waals surface area contributed by atoms with E-state index >= 15 is 0 Å². The molecule has 2 aromatic heterocycles. The van der Waals surface area contributed by atoms with Crippen LogP contribution in [0.2, 0.25) is 5.15 Å². The van der Waals surface area contributed by atoms with Crippen molar-refractivity contribution in [2.45, 2.75) is 40.0 Å². The monoisotopic (exact) mass is 263 g/mol. The molecule has 0 saturated heterocycles. The van der Waals surface area contributed by atoms with Crippen LogP contribution in [0, 0.1) is 13.8 Å². The summed E-state index contributed by atoms with van der Waals surface area (Å²) in [6.45, 7) is 10.5. The number of hydrogen-bond acceptors (Lipinski definition) is 2. The molecule has 3 nitrogen and oxygen atoms in total. The van der Waals surface area contributed by atoms with Crippen molar-refractivity contribution in [2.24, 2.45) is 0 Å². The van der Waals surface area contributed by atoms with E-state index in [4.69, 9.17) is 11.6 Å². The second kappa shape index (κ2) is 4.39. The van der Waals surface area contributed by atoms with Gasteiger partial charge >= 0.3 is 0 Å². The molecule has 0 saturated carbocycles. The van der Waals surface area contributed by atoms with Crippen LogP contribution >= 0.6 is 11.6 Å². The van der Waals surface area contributed by atoms with Crippen molar-refractivity contribution in [3.05, 3.63) is 40.3 Å². The van der Waals surface area contributed by atoms with Gasteiger partial charge in [0.2, 0.25) is 0 Å². The Balaban J connectivity index is 2.59. The number of aryl methyl sites for hydroxylation is 2. The topological polar surface area (TPSA) is 30.7 Å². The predicted octanol–water partition coefficient (Wildman–Crippen LogP) is 3.84. The molecule has 0 N–H and O–H groups in total. The van der Waals surface area contributed by atoms with E-state index in [1.54, 1.807) is 0 Å². The van der Waals surface area contributed by atoms with E-state index in [1.165, 1.54) is 0 Å². The molecule has 0 fully saturated rings. The third-order valence-electron chi connectivity index (χ3n) is 2.87. The first-order valence-electron chi connectivity index (χ1n) is 5.99. The maximum Gasteiger partial charge on any atom is 0.155 e. The molecule has 2 aromatic rings. The number of pyridine rings is 1. The van der Waals surface area contributed by atoms with Gasteiger partial charge in [-0.05, 0) is 43.0 Å². The number of halogens is 1.